The zero-order chi connectivity index (χ0) is 14.5. The molecule has 2 rings (SSSR count). The Balaban J connectivity index is 0. The van der Waals surface area contributed by atoms with Gasteiger partial charge in [0, 0.05) is 11.1 Å². The highest BCUT2D eigenvalue weighted by molar-refractivity contribution is 4.79. The fraction of sp³-hybridized carbons (Fsp3) is 1.00. The standard InChI is InChI=1S/C9H19N.C8H17N.2CH4/c1-9(2,3)10-7-5-4-6-8-10;1-8(2,3)9-6-4-5-7-9;;/h4-8H2,1-3H3;4-7H2,1-3H3;2*1H4. The van der Waals surface area contributed by atoms with E-state index >= 15 is 0 Å². The minimum atomic E-state index is 0. The Bertz CT molecular complexity index is 235. The number of hydrogen-bond donors (Lipinski definition) is 0. The van der Waals surface area contributed by atoms with Crippen molar-refractivity contribution in [2.24, 2.45) is 0 Å². The molecule has 2 fully saturated rings. The van der Waals surface area contributed by atoms with Crippen LogP contribution in [0.4, 0.5) is 0 Å². The highest BCUT2D eigenvalue weighted by atomic mass is 15.2. The number of nitrogens with zero attached hydrogens (tertiary/aromatic N) is 2. The molecule has 0 aliphatic carbocycles. The molecule has 0 aromatic rings. The summed E-state index contributed by atoms with van der Waals surface area (Å²) in [6.07, 6.45) is 7.04. The average Bonchev–Trinajstić information content (AvgIpc) is 2.83. The Labute approximate surface area is 136 Å². The van der Waals surface area contributed by atoms with Gasteiger partial charge in [0.05, 0.1) is 0 Å². The topological polar surface area (TPSA) is 6.48 Å². The van der Waals surface area contributed by atoms with E-state index in [2.05, 4.69) is 51.3 Å². The molecule has 0 spiro atoms. The molecule has 0 aromatic heterocycles. The Morgan fingerprint density at radius 2 is 0.714 bits per heavy atom. The smallest absolute Gasteiger partial charge is 0.0125 e. The van der Waals surface area contributed by atoms with E-state index in [0.29, 0.717) is 11.1 Å². The van der Waals surface area contributed by atoms with Crippen molar-refractivity contribution < 1.29 is 0 Å². The lowest BCUT2D eigenvalue weighted by molar-refractivity contribution is 0.111. The summed E-state index contributed by atoms with van der Waals surface area (Å²) in [4.78, 5) is 5.13. The van der Waals surface area contributed by atoms with Crippen LogP contribution in [0.25, 0.3) is 0 Å². The Morgan fingerprint density at radius 3 is 0.905 bits per heavy atom. The second-order valence-electron chi connectivity index (χ2n) is 8.08. The predicted molar refractivity (Wildman–Crippen MR) is 99.2 cm³/mol. The Kier molecular flexibility index (Phi) is 10.9. The number of rotatable bonds is 0. The maximum Gasteiger partial charge on any atom is 0.0125 e. The molecule has 0 atom stereocenters. The van der Waals surface area contributed by atoms with Crippen molar-refractivity contribution in [3.8, 4) is 0 Å². The van der Waals surface area contributed by atoms with E-state index in [4.69, 9.17) is 0 Å². The van der Waals surface area contributed by atoms with Gasteiger partial charge < -0.3 is 0 Å². The van der Waals surface area contributed by atoms with Crippen LogP contribution in [0.3, 0.4) is 0 Å². The van der Waals surface area contributed by atoms with Gasteiger partial charge in [0.25, 0.3) is 0 Å². The first kappa shape index (κ1) is 23.2. The lowest BCUT2D eigenvalue weighted by atomic mass is 10.0. The number of hydrogen-bond acceptors (Lipinski definition) is 2. The molecule has 0 bridgehead atoms. The highest BCUT2D eigenvalue weighted by Gasteiger charge is 2.23. The second kappa shape index (κ2) is 9.84. The largest absolute Gasteiger partial charge is 0.298 e. The first-order chi connectivity index (χ1) is 8.71. The van der Waals surface area contributed by atoms with E-state index in [1.807, 2.05) is 0 Å². The molecule has 130 valence electrons. The molecule has 2 saturated heterocycles. The SMILES string of the molecule is C.C.CC(C)(C)N1CCCC1.CC(C)(C)N1CCCCC1. The quantitative estimate of drug-likeness (QED) is 0.589. The molecule has 0 radical (unpaired) electrons. The fourth-order valence-electron chi connectivity index (χ4n) is 2.95. The molecule has 2 nitrogen and oxygen atoms in total. The van der Waals surface area contributed by atoms with Gasteiger partial charge in [-0.25, -0.2) is 0 Å². The van der Waals surface area contributed by atoms with Gasteiger partial charge >= 0.3 is 0 Å². The third-order valence-electron chi connectivity index (χ3n) is 4.36. The van der Waals surface area contributed by atoms with Gasteiger partial charge in [-0.2, -0.15) is 0 Å². The summed E-state index contributed by atoms with van der Waals surface area (Å²) in [7, 11) is 0. The third-order valence-corrected chi connectivity index (χ3v) is 4.36. The minimum absolute atomic E-state index is 0. The van der Waals surface area contributed by atoms with Crippen LogP contribution in [0.2, 0.25) is 0 Å². The predicted octanol–water partition coefficient (Wildman–Crippen LogP) is 5.42. The van der Waals surface area contributed by atoms with Crippen LogP contribution >= 0.6 is 0 Å². The minimum Gasteiger partial charge on any atom is -0.298 e. The van der Waals surface area contributed by atoms with Crippen molar-refractivity contribution >= 4 is 0 Å². The van der Waals surface area contributed by atoms with Crippen LogP contribution in [0.1, 0.15) is 88.5 Å². The van der Waals surface area contributed by atoms with Gasteiger partial charge in [-0.1, -0.05) is 21.3 Å². The maximum atomic E-state index is 2.58. The van der Waals surface area contributed by atoms with Crippen molar-refractivity contribution in [1.82, 2.24) is 9.80 Å². The van der Waals surface area contributed by atoms with E-state index in [-0.39, 0.29) is 14.9 Å². The fourth-order valence-corrected chi connectivity index (χ4v) is 2.95. The molecular weight excluding hydrogens is 256 g/mol. The highest BCUT2D eigenvalue weighted by Crippen LogP contribution is 2.19. The van der Waals surface area contributed by atoms with Crippen LogP contribution in [0, 0.1) is 0 Å². The molecule has 0 amide bonds. The van der Waals surface area contributed by atoms with E-state index in [1.165, 1.54) is 58.3 Å². The molecule has 0 unspecified atom stereocenters. The van der Waals surface area contributed by atoms with Crippen molar-refractivity contribution in [3.05, 3.63) is 0 Å². The van der Waals surface area contributed by atoms with E-state index < -0.39 is 0 Å². The summed E-state index contributed by atoms with van der Waals surface area (Å²) in [6.45, 7) is 19.0. The van der Waals surface area contributed by atoms with Gasteiger partial charge in [-0.05, 0) is 93.4 Å². The van der Waals surface area contributed by atoms with E-state index in [1.54, 1.807) is 0 Å². The summed E-state index contributed by atoms with van der Waals surface area (Å²) in [5, 5.41) is 0. The third kappa shape index (κ3) is 8.83. The lowest BCUT2D eigenvalue weighted by Gasteiger charge is -2.38. The second-order valence-corrected chi connectivity index (χ2v) is 8.08. The van der Waals surface area contributed by atoms with Gasteiger partial charge in [0.1, 0.15) is 0 Å². The van der Waals surface area contributed by atoms with Gasteiger partial charge in [0.2, 0.25) is 0 Å². The Hall–Kier alpha value is -0.0800. The molecule has 2 heteroatoms. The molecule has 2 aliphatic rings. The van der Waals surface area contributed by atoms with Crippen molar-refractivity contribution in [3.63, 3.8) is 0 Å². The zero-order valence-corrected chi connectivity index (χ0v) is 14.3. The normalized spacial score (nSPS) is 20.9. The first-order valence-electron chi connectivity index (χ1n) is 8.21. The monoisotopic (exact) mass is 300 g/mol. The van der Waals surface area contributed by atoms with Crippen LogP contribution in [-0.4, -0.2) is 47.1 Å². The van der Waals surface area contributed by atoms with Crippen LogP contribution in [0.15, 0.2) is 0 Å². The van der Waals surface area contributed by atoms with E-state index in [9.17, 15) is 0 Å². The Morgan fingerprint density at radius 1 is 0.476 bits per heavy atom. The lowest BCUT2D eigenvalue weighted by Crippen LogP contribution is -2.44. The molecule has 0 saturated carbocycles. The summed E-state index contributed by atoms with van der Waals surface area (Å²) >= 11 is 0. The van der Waals surface area contributed by atoms with Gasteiger partial charge in [-0.3, -0.25) is 9.80 Å². The zero-order valence-electron chi connectivity index (χ0n) is 14.3. The average molecular weight is 301 g/mol. The van der Waals surface area contributed by atoms with Gasteiger partial charge in [-0.15, -0.1) is 0 Å². The molecule has 0 aromatic carbocycles. The summed E-state index contributed by atoms with van der Waals surface area (Å²) < 4.78 is 0. The van der Waals surface area contributed by atoms with Crippen LogP contribution in [-0.2, 0) is 0 Å². The maximum absolute atomic E-state index is 2.58. The number of likely N-dealkylation sites (tertiary alicyclic amines) is 2. The van der Waals surface area contributed by atoms with Crippen molar-refractivity contribution in [1.29, 1.82) is 0 Å². The van der Waals surface area contributed by atoms with Crippen molar-refractivity contribution in [2.75, 3.05) is 26.2 Å². The summed E-state index contributed by atoms with van der Waals surface area (Å²) in [5.41, 5.74) is 0.816. The number of piperidine rings is 1. The molecule has 0 N–H and O–H groups in total. The molecular formula is C19H44N2. The molecule has 21 heavy (non-hydrogen) atoms. The van der Waals surface area contributed by atoms with E-state index in [0.717, 1.165) is 0 Å². The van der Waals surface area contributed by atoms with Gasteiger partial charge in [0.15, 0.2) is 0 Å². The van der Waals surface area contributed by atoms with Crippen LogP contribution in [0.5, 0.6) is 0 Å². The van der Waals surface area contributed by atoms with Crippen molar-refractivity contribution in [2.45, 2.75) is 99.6 Å². The van der Waals surface area contributed by atoms with Crippen LogP contribution < -0.4 is 0 Å². The molecule has 2 aliphatic heterocycles. The first-order valence-corrected chi connectivity index (χ1v) is 8.21. The molecule has 2 heterocycles. The summed E-state index contributed by atoms with van der Waals surface area (Å²) in [6, 6.07) is 0. The summed E-state index contributed by atoms with van der Waals surface area (Å²) in [5.74, 6) is 0.